The number of phenols is 1. The molecule has 0 aliphatic rings. The van der Waals surface area contributed by atoms with Crippen molar-refractivity contribution in [1.29, 1.82) is 5.26 Å². The van der Waals surface area contributed by atoms with E-state index in [9.17, 15) is 9.90 Å². The van der Waals surface area contributed by atoms with Crippen LogP contribution in [0.5, 0.6) is 5.75 Å². The number of thioether (sulfide) groups is 1. The number of nitrogens with zero attached hydrogens (tertiary/aromatic N) is 1. The van der Waals surface area contributed by atoms with Crippen LogP contribution < -0.4 is 5.32 Å². The Hall–Kier alpha value is -2.45. The van der Waals surface area contributed by atoms with Crippen LogP contribution in [0.4, 0.5) is 5.69 Å². The minimum absolute atomic E-state index is 0.114. The van der Waals surface area contributed by atoms with Gasteiger partial charge in [0.1, 0.15) is 5.75 Å². The highest BCUT2D eigenvalue weighted by molar-refractivity contribution is 8.00. The van der Waals surface area contributed by atoms with Crippen LogP contribution in [0.2, 0.25) is 0 Å². The fourth-order valence-electron chi connectivity index (χ4n) is 1.72. The fourth-order valence-corrected chi connectivity index (χ4v) is 2.47. The lowest BCUT2D eigenvalue weighted by atomic mass is 10.1. The standard InChI is InChI=1S/C16H14N2O2S/c17-9-8-12-4-6-13(7-5-12)18-16(20)11-21-15-3-1-2-14(19)10-15/h1-7,10,19H,8,11H2,(H,18,20). The van der Waals surface area contributed by atoms with Crippen molar-refractivity contribution in [2.75, 3.05) is 11.1 Å². The SMILES string of the molecule is N#CCc1ccc(NC(=O)CSc2cccc(O)c2)cc1. The molecule has 0 saturated heterocycles. The van der Waals surface area contributed by atoms with Crippen LogP contribution in [0.1, 0.15) is 5.56 Å². The first-order valence-electron chi connectivity index (χ1n) is 6.35. The van der Waals surface area contributed by atoms with Crippen molar-refractivity contribution < 1.29 is 9.90 Å². The number of benzene rings is 2. The highest BCUT2D eigenvalue weighted by Gasteiger charge is 2.04. The van der Waals surface area contributed by atoms with Gasteiger partial charge >= 0.3 is 0 Å². The maximum Gasteiger partial charge on any atom is 0.234 e. The minimum Gasteiger partial charge on any atom is -0.508 e. The van der Waals surface area contributed by atoms with Crippen LogP contribution >= 0.6 is 11.8 Å². The fraction of sp³-hybridized carbons (Fsp3) is 0.125. The summed E-state index contributed by atoms with van der Waals surface area (Å²) < 4.78 is 0. The van der Waals surface area contributed by atoms with Gasteiger partial charge in [-0.3, -0.25) is 4.79 Å². The Morgan fingerprint density at radius 3 is 2.67 bits per heavy atom. The number of nitriles is 1. The van der Waals surface area contributed by atoms with E-state index in [4.69, 9.17) is 5.26 Å². The molecule has 4 nitrogen and oxygen atoms in total. The van der Waals surface area contributed by atoms with E-state index in [2.05, 4.69) is 11.4 Å². The number of nitrogens with one attached hydrogen (secondary N) is 1. The van der Waals surface area contributed by atoms with Crippen molar-refractivity contribution >= 4 is 23.4 Å². The molecule has 106 valence electrons. The van der Waals surface area contributed by atoms with Crippen molar-refractivity contribution in [2.45, 2.75) is 11.3 Å². The number of amides is 1. The molecule has 2 aromatic carbocycles. The number of carbonyl (C=O) groups is 1. The van der Waals surface area contributed by atoms with Gasteiger partial charge in [-0.05, 0) is 35.9 Å². The van der Waals surface area contributed by atoms with Crippen molar-refractivity contribution in [3.63, 3.8) is 0 Å². The van der Waals surface area contributed by atoms with Gasteiger partial charge < -0.3 is 10.4 Å². The summed E-state index contributed by atoms with van der Waals surface area (Å²) in [6.07, 6.45) is 0.363. The van der Waals surface area contributed by atoms with Crippen molar-refractivity contribution in [3.05, 3.63) is 54.1 Å². The number of aromatic hydroxyl groups is 1. The molecule has 0 aliphatic heterocycles. The van der Waals surface area contributed by atoms with Crippen LogP contribution in [-0.2, 0) is 11.2 Å². The van der Waals surface area contributed by atoms with Crippen molar-refractivity contribution in [2.24, 2.45) is 0 Å². The Kier molecular flexibility index (Phi) is 5.24. The molecule has 21 heavy (non-hydrogen) atoms. The summed E-state index contributed by atoms with van der Waals surface area (Å²) in [4.78, 5) is 12.7. The summed E-state index contributed by atoms with van der Waals surface area (Å²) in [6.45, 7) is 0. The molecule has 0 aliphatic carbocycles. The summed E-state index contributed by atoms with van der Waals surface area (Å²) in [5.41, 5.74) is 1.63. The van der Waals surface area contributed by atoms with E-state index < -0.39 is 0 Å². The number of hydrogen-bond donors (Lipinski definition) is 2. The van der Waals surface area contributed by atoms with E-state index in [0.717, 1.165) is 10.5 Å². The van der Waals surface area contributed by atoms with Crippen molar-refractivity contribution in [3.8, 4) is 11.8 Å². The predicted molar refractivity (Wildman–Crippen MR) is 83.2 cm³/mol. The van der Waals surface area contributed by atoms with Gasteiger partial charge in [0.15, 0.2) is 0 Å². The minimum atomic E-state index is -0.114. The molecule has 0 atom stereocenters. The van der Waals surface area contributed by atoms with Crippen molar-refractivity contribution in [1.82, 2.24) is 0 Å². The van der Waals surface area contributed by atoms with Crippen LogP contribution in [0, 0.1) is 11.3 Å². The molecule has 0 radical (unpaired) electrons. The molecule has 1 amide bonds. The molecule has 0 aromatic heterocycles. The molecule has 0 unspecified atom stereocenters. The second-order valence-electron chi connectivity index (χ2n) is 4.37. The zero-order valence-electron chi connectivity index (χ0n) is 11.2. The highest BCUT2D eigenvalue weighted by Crippen LogP contribution is 2.22. The Bertz CT molecular complexity index is 663. The Morgan fingerprint density at radius 2 is 2.00 bits per heavy atom. The average molecular weight is 298 g/mol. The maximum atomic E-state index is 11.8. The molecule has 2 rings (SSSR count). The number of rotatable bonds is 5. The van der Waals surface area contributed by atoms with Gasteiger partial charge in [0.2, 0.25) is 5.91 Å². The maximum absolute atomic E-state index is 11.8. The van der Waals surface area contributed by atoms with Gasteiger partial charge in [0.05, 0.1) is 18.2 Å². The summed E-state index contributed by atoms with van der Waals surface area (Å²) >= 11 is 1.36. The van der Waals surface area contributed by atoms with E-state index in [1.54, 1.807) is 30.3 Å². The zero-order chi connectivity index (χ0) is 15.1. The van der Waals surface area contributed by atoms with E-state index >= 15 is 0 Å². The van der Waals surface area contributed by atoms with Gasteiger partial charge in [0, 0.05) is 10.6 Å². The Labute approximate surface area is 127 Å². The third-order valence-electron chi connectivity index (χ3n) is 2.71. The number of hydrogen-bond acceptors (Lipinski definition) is 4. The van der Waals surface area contributed by atoms with Gasteiger partial charge in [-0.25, -0.2) is 0 Å². The molecule has 5 heteroatoms. The average Bonchev–Trinajstić information content (AvgIpc) is 2.48. The Morgan fingerprint density at radius 1 is 1.24 bits per heavy atom. The van der Waals surface area contributed by atoms with Gasteiger partial charge in [-0.1, -0.05) is 18.2 Å². The monoisotopic (exact) mass is 298 g/mol. The summed E-state index contributed by atoms with van der Waals surface area (Å²) in [5, 5.41) is 20.7. The number of carbonyl (C=O) groups excluding carboxylic acids is 1. The van der Waals surface area contributed by atoms with Gasteiger partial charge in [0.25, 0.3) is 0 Å². The molecule has 0 saturated carbocycles. The molecular weight excluding hydrogens is 284 g/mol. The molecule has 0 heterocycles. The topological polar surface area (TPSA) is 73.1 Å². The summed E-state index contributed by atoms with van der Waals surface area (Å²) in [6, 6.07) is 16.1. The van der Waals surface area contributed by atoms with Gasteiger partial charge in [-0.15, -0.1) is 11.8 Å². The third kappa shape index (κ3) is 4.86. The number of phenolic OH excluding ortho intramolecular Hbond substituents is 1. The quantitative estimate of drug-likeness (QED) is 0.831. The van der Waals surface area contributed by atoms with Crippen LogP contribution in [0.3, 0.4) is 0 Å². The van der Waals surface area contributed by atoms with Crippen LogP contribution in [-0.4, -0.2) is 16.8 Å². The summed E-state index contributed by atoms with van der Waals surface area (Å²) in [7, 11) is 0. The molecule has 2 aromatic rings. The normalized spacial score (nSPS) is 9.86. The lowest BCUT2D eigenvalue weighted by Crippen LogP contribution is -2.13. The van der Waals surface area contributed by atoms with E-state index in [0.29, 0.717) is 12.1 Å². The van der Waals surface area contributed by atoms with E-state index in [1.807, 2.05) is 18.2 Å². The highest BCUT2D eigenvalue weighted by atomic mass is 32.2. The van der Waals surface area contributed by atoms with E-state index in [-0.39, 0.29) is 17.4 Å². The third-order valence-corrected chi connectivity index (χ3v) is 3.70. The largest absolute Gasteiger partial charge is 0.508 e. The predicted octanol–water partition coefficient (Wildman–Crippen LogP) is 3.19. The lowest BCUT2D eigenvalue weighted by molar-refractivity contribution is -0.113. The Balaban J connectivity index is 1.85. The number of anilines is 1. The molecule has 0 bridgehead atoms. The molecule has 0 spiro atoms. The first-order chi connectivity index (χ1) is 10.2. The van der Waals surface area contributed by atoms with Crippen LogP contribution in [0.25, 0.3) is 0 Å². The summed E-state index contributed by atoms with van der Waals surface area (Å²) in [5.74, 6) is 0.341. The second-order valence-corrected chi connectivity index (χ2v) is 5.41. The first kappa shape index (κ1) is 14.9. The van der Waals surface area contributed by atoms with Gasteiger partial charge in [-0.2, -0.15) is 5.26 Å². The smallest absolute Gasteiger partial charge is 0.234 e. The van der Waals surface area contributed by atoms with E-state index in [1.165, 1.54) is 11.8 Å². The molecule has 2 N–H and O–H groups in total. The first-order valence-corrected chi connectivity index (χ1v) is 7.33. The molecule has 0 fully saturated rings. The lowest BCUT2D eigenvalue weighted by Gasteiger charge is -2.06. The zero-order valence-corrected chi connectivity index (χ0v) is 12.1. The second kappa shape index (κ2) is 7.36. The van der Waals surface area contributed by atoms with Crippen LogP contribution in [0.15, 0.2) is 53.4 Å². The molecular formula is C16H14N2O2S.